The first-order chi connectivity index (χ1) is 7.74. The number of aromatic hydroxyl groups is 2. The lowest BCUT2D eigenvalue weighted by Gasteiger charge is -2.20. The van der Waals surface area contributed by atoms with Crippen LogP contribution in [0.15, 0.2) is 36.4 Å². The van der Waals surface area contributed by atoms with Gasteiger partial charge in [0.05, 0.1) is 0 Å². The Bertz CT molecular complexity index is 561. The molecule has 0 aromatic heterocycles. The number of fused-ring (bicyclic) bond motifs is 2. The molecule has 0 saturated heterocycles. The lowest BCUT2D eigenvalue weighted by atomic mass is 9.99. The number of rotatable bonds is 0. The van der Waals surface area contributed by atoms with Crippen LogP contribution in [0.4, 0.5) is 0 Å². The summed E-state index contributed by atoms with van der Waals surface area (Å²) in [6.07, 6.45) is 0.623. The van der Waals surface area contributed by atoms with Crippen molar-refractivity contribution in [2.75, 3.05) is 0 Å². The third-order valence-electron chi connectivity index (χ3n) is 2.73. The molecular formula is C13H10O3. The SMILES string of the molecule is Oc1cc(O)c2c(c1)Oc1ccccc1C2. The first-order valence-corrected chi connectivity index (χ1v) is 5.04. The van der Waals surface area contributed by atoms with Crippen LogP contribution in [0.3, 0.4) is 0 Å². The van der Waals surface area contributed by atoms with E-state index in [1.807, 2.05) is 24.3 Å². The van der Waals surface area contributed by atoms with E-state index in [2.05, 4.69) is 0 Å². The minimum absolute atomic E-state index is 0.00984. The predicted molar refractivity (Wildman–Crippen MR) is 59.1 cm³/mol. The molecule has 2 aromatic rings. The van der Waals surface area contributed by atoms with Crippen molar-refractivity contribution >= 4 is 0 Å². The minimum atomic E-state index is 0.00984. The van der Waals surface area contributed by atoms with Crippen LogP contribution in [-0.4, -0.2) is 10.2 Å². The van der Waals surface area contributed by atoms with E-state index in [0.29, 0.717) is 12.2 Å². The van der Waals surface area contributed by atoms with E-state index in [4.69, 9.17) is 4.74 Å². The van der Waals surface area contributed by atoms with E-state index in [0.717, 1.165) is 16.9 Å². The van der Waals surface area contributed by atoms with E-state index in [-0.39, 0.29) is 11.5 Å². The van der Waals surface area contributed by atoms with Gasteiger partial charge in [-0.3, -0.25) is 0 Å². The van der Waals surface area contributed by atoms with Crippen molar-refractivity contribution in [3.8, 4) is 23.0 Å². The van der Waals surface area contributed by atoms with Crippen molar-refractivity contribution in [3.05, 3.63) is 47.5 Å². The molecule has 3 heteroatoms. The number of phenols is 2. The molecular weight excluding hydrogens is 204 g/mol. The Kier molecular flexibility index (Phi) is 1.80. The van der Waals surface area contributed by atoms with Gasteiger partial charge in [0.1, 0.15) is 23.0 Å². The summed E-state index contributed by atoms with van der Waals surface area (Å²) in [6, 6.07) is 10.5. The molecule has 1 aliphatic rings. The van der Waals surface area contributed by atoms with Gasteiger partial charge in [-0.15, -0.1) is 0 Å². The molecule has 16 heavy (non-hydrogen) atoms. The second-order valence-corrected chi connectivity index (χ2v) is 3.83. The van der Waals surface area contributed by atoms with Crippen molar-refractivity contribution in [2.45, 2.75) is 6.42 Å². The molecule has 1 heterocycles. The van der Waals surface area contributed by atoms with Gasteiger partial charge in [-0.05, 0) is 11.6 Å². The molecule has 80 valence electrons. The van der Waals surface area contributed by atoms with Crippen LogP contribution < -0.4 is 4.74 Å². The van der Waals surface area contributed by atoms with Crippen molar-refractivity contribution in [1.29, 1.82) is 0 Å². The topological polar surface area (TPSA) is 49.7 Å². The second kappa shape index (κ2) is 3.17. The fourth-order valence-electron chi connectivity index (χ4n) is 1.94. The van der Waals surface area contributed by atoms with Gasteiger partial charge in [-0.25, -0.2) is 0 Å². The summed E-state index contributed by atoms with van der Waals surface area (Å²) < 4.78 is 5.62. The standard InChI is InChI=1S/C13H10O3/c14-9-6-11(15)10-5-8-3-1-2-4-12(8)16-13(10)7-9/h1-4,6-7,14-15H,5H2. The fourth-order valence-corrected chi connectivity index (χ4v) is 1.94. The molecule has 3 rings (SSSR count). The third-order valence-corrected chi connectivity index (χ3v) is 2.73. The maximum atomic E-state index is 9.72. The molecule has 0 spiro atoms. The fraction of sp³-hybridized carbons (Fsp3) is 0.0769. The zero-order valence-corrected chi connectivity index (χ0v) is 8.47. The van der Waals surface area contributed by atoms with Crippen LogP contribution in [0, 0.1) is 0 Å². The monoisotopic (exact) mass is 214 g/mol. The Morgan fingerprint density at radius 2 is 1.81 bits per heavy atom. The summed E-state index contributed by atoms with van der Waals surface area (Å²) in [5.41, 5.74) is 1.76. The van der Waals surface area contributed by atoms with Gasteiger partial charge in [0, 0.05) is 24.1 Å². The second-order valence-electron chi connectivity index (χ2n) is 3.83. The number of hydrogen-bond acceptors (Lipinski definition) is 3. The lowest BCUT2D eigenvalue weighted by molar-refractivity contribution is 0.415. The molecule has 0 amide bonds. The molecule has 2 N–H and O–H groups in total. The molecule has 0 aliphatic carbocycles. The average Bonchev–Trinajstić information content (AvgIpc) is 2.27. The van der Waals surface area contributed by atoms with E-state index in [9.17, 15) is 10.2 Å². The Balaban J connectivity index is 2.15. The van der Waals surface area contributed by atoms with Crippen molar-refractivity contribution in [3.63, 3.8) is 0 Å². The van der Waals surface area contributed by atoms with Gasteiger partial charge in [0.15, 0.2) is 0 Å². The molecule has 0 unspecified atom stereocenters. The molecule has 0 bridgehead atoms. The normalized spacial score (nSPS) is 12.5. The summed E-state index contributed by atoms with van der Waals surface area (Å²) in [5.74, 6) is 1.39. The molecule has 0 atom stereocenters. The van der Waals surface area contributed by atoms with Gasteiger partial charge in [0.25, 0.3) is 0 Å². The Morgan fingerprint density at radius 1 is 1.00 bits per heavy atom. The zero-order valence-electron chi connectivity index (χ0n) is 8.47. The summed E-state index contributed by atoms with van der Waals surface area (Å²) in [7, 11) is 0. The van der Waals surface area contributed by atoms with Crippen LogP contribution in [0.5, 0.6) is 23.0 Å². The Morgan fingerprint density at radius 3 is 2.69 bits per heavy atom. The van der Waals surface area contributed by atoms with Crippen molar-refractivity contribution < 1.29 is 14.9 Å². The van der Waals surface area contributed by atoms with E-state index < -0.39 is 0 Å². The van der Waals surface area contributed by atoms with Crippen LogP contribution in [0.25, 0.3) is 0 Å². The first kappa shape index (κ1) is 9.09. The summed E-state index contributed by atoms with van der Waals surface area (Å²) in [4.78, 5) is 0. The molecule has 3 nitrogen and oxygen atoms in total. The highest BCUT2D eigenvalue weighted by atomic mass is 16.5. The summed E-state index contributed by atoms with van der Waals surface area (Å²) >= 11 is 0. The minimum Gasteiger partial charge on any atom is -0.508 e. The lowest BCUT2D eigenvalue weighted by Crippen LogP contribution is -2.02. The first-order valence-electron chi connectivity index (χ1n) is 5.04. The Labute approximate surface area is 92.5 Å². The summed E-state index contributed by atoms with van der Waals surface area (Å²) in [6.45, 7) is 0. The highest BCUT2D eigenvalue weighted by Crippen LogP contribution is 2.42. The number of para-hydroxylation sites is 1. The Hall–Kier alpha value is -2.16. The number of benzene rings is 2. The van der Waals surface area contributed by atoms with Crippen molar-refractivity contribution in [2.24, 2.45) is 0 Å². The maximum absolute atomic E-state index is 9.72. The van der Waals surface area contributed by atoms with E-state index in [1.54, 1.807) is 0 Å². The third kappa shape index (κ3) is 1.29. The zero-order chi connectivity index (χ0) is 11.1. The number of ether oxygens (including phenoxy) is 1. The van der Waals surface area contributed by atoms with Gasteiger partial charge >= 0.3 is 0 Å². The van der Waals surface area contributed by atoms with Gasteiger partial charge in [-0.2, -0.15) is 0 Å². The predicted octanol–water partition coefficient (Wildman–Crippen LogP) is 2.79. The highest BCUT2D eigenvalue weighted by Gasteiger charge is 2.20. The molecule has 0 radical (unpaired) electrons. The molecule has 0 fully saturated rings. The number of hydrogen-bond donors (Lipinski definition) is 2. The van der Waals surface area contributed by atoms with Crippen LogP contribution in [0.1, 0.15) is 11.1 Å². The molecule has 1 aliphatic heterocycles. The van der Waals surface area contributed by atoms with Gasteiger partial charge in [-0.1, -0.05) is 18.2 Å². The smallest absolute Gasteiger partial charge is 0.138 e. The van der Waals surface area contributed by atoms with Crippen LogP contribution >= 0.6 is 0 Å². The molecule has 2 aromatic carbocycles. The largest absolute Gasteiger partial charge is 0.508 e. The van der Waals surface area contributed by atoms with Crippen LogP contribution in [-0.2, 0) is 6.42 Å². The van der Waals surface area contributed by atoms with Crippen molar-refractivity contribution in [1.82, 2.24) is 0 Å². The van der Waals surface area contributed by atoms with Crippen LogP contribution in [0.2, 0.25) is 0 Å². The summed E-state index contributed by atoms with van der Waals surface area (Å²) in [5, 5.41) is 19.1. The maximum Gasteiger partial charge on any atom is 0.138 e. The molecule has 0 saturated carbocycles. The van der Waals surface area contributed by atoms with Gasteiger partial charge < -0.3 is 14.9 Å². The van der Waals surface area contributed by atoms with E-state index >= 15 is 0 Å². The quantitative estimate of drug-likeness (QED) is 0.605. The van der Waals surface area contributed by atoms with E-state index in [1.165, 1.54) is 12.1 Å². The average molecular weight is 214 g/mol. The van der Waals surface area contributed by atoms with Gasteiger partial charge in [0.2, 0.25) is 0 Å². The highest BCUT2D eigenvalue weighted by molar-refractivity contribution is 5.57. The number of phenolic OH excluding ortho intramolecular Hbond substituents is 2.